The van der Waals surface area contributed by atoms with Crippen molar-refractivity contribution in [2.75, 3.05) is 13.2 Å². The standard InChI is InChI=1S/C11H15FN2O/c12-10-4-9(5-13-6-10)7-14-3-1-2-11(14)8-15/h4-6,11,15H,1-3,7-8H2/t11-/m1/s1. The molecule has 0 aromatic carbocycles. The Morgan fingerprint density at radius 3 is 3.13 bits per heavy atom. The summed E-state index contributed by atoms with van der Waals surface area (Å²) >= 11 is 0. The van der Waals surface area contributed by atoms with Crippen molar-refractivity contribution in [3.05, 3.63) is 29.8 Å². The molecule has 1 aliphatic rings. The third-order valence-corrected chi connectivity index (χ3v) is 2.86. The van der Waals surface area contributed by atoms with Crippen molar-refractivity contribution in [2.24, 2.45) is 0 Å². The second kappa shape index (κ2) is 4.68. The molecule has 0 saturated carbocycles. The van der Waals surface area contributed by atoms with E-state index < -0.39 is 0 Å². The summed E-state index contributed by atoms with van der Waals surface area (Å²) < 4.78 is 12.9. The molecular formula is C11H15FN2O. The van der Waals surface area contributed by atoms with Crippen molar-refractivity contribution in [1.82, 2.24) is 9.88 Å². The molecule has 1 N–H and O–H groups in total. The molecule has 1 aliphatic heterocycles. The molecule has 0 radical (unpaired) electrons. The second-order valence-corrected chi connectivity index (χ2v) is 3.96. The summed E-state index contributed by atoms with van der Waals surface area (Å²) in [6.45, 7) is 1.83. The van der Waals surface area contributed by atoms with E-state index >= 15 is 0 Å². The van der Waals surface area contributed by atoms with E-state index in [2.05, 4.69) is 9.88 Å². The fourth-order valence-corrected chi connectivity index (χ4v) is 2.09. The Balaban J connectivity index is 2.02. The van der Waals surface area contributed by atoms with Crippen LogP contribution in [0.5, 0.6) is 0 Å². The van der Waals surface area contributed by atoms with E-state index in [-0.39, 0.29) is 18.5 Å². The minimum Gasteiger partial charge on any atom is -0.395 e. The van der Waals surface area contributed by atoms with Crippen LogP contribution in [0, 0.1) is 5.82 Å². The van der Waals surface area contributed by atoms with Gasteiger partial charge in [-0.25, -0.2) is 4.39 Å². The van der Waals surface area contributed by atoms with Crippen LogP contribution in [0.4, 0.5) is 4.39 Å². The molecule has 82 valence electrons. The van der Waals surface area contributed by atoms with E-state index in [1.807, 2.05) is 0 Å². The zero-order valence-electron chi connectivity index (χ0n) is 8.56. The molecule has 0 unspecified atom stereocenters. The summed E-state index contributed by atoms with van der Waals surface area (Å²) in [5, 5.41) is 9.14. The lowest BCUT2D eigenvalue weighted by atomic mass is 10.2. The van der Waals surface area contributed by atoms with E-state index in [1.165, 1.54) is 12.3 Å². The van der Waals surface area contributed by atoms with Crippen LogP contribution in [0.25, 0.3) is 0 Å². The van der Waals surface area contributed by atoms with E-state index in [0.29, 0.717) is 6.54 Å². The molecule has 0 amide bonds. The van der Waals surface area contributed by atoms with Gasteiger partial charge in [-0.3, -0.25) is 9.88 Å². The summed E-state index contributed by atoms with van der Waals surface area (Å²) in [4.78, 5) is 5.99. The predicted molar refractivity (Wildman–Crippen MR) is 54.7 cm³/mol. The van der Waals surface area contributed by atoms with Crippen LogP contribution < -0.4 is 0 Å². The number of aliphatic hydroxyl groups excluding tert-OH is 1. The van der Waals surface area contributed by atoms with Gasteiger partial charge >= 0.3 is 0 Å². The minimum atomic E-state index is -0.299. The third-order valence-electron chi connectivity index (χ3n) is 2.86. The number of rotatable bonds is 3. The molecular weight excluding hydrogens is 195 g/mol. The SMILES string of the molecule is OC[C@H]1CCCN1Cc1cncc(F)c1. The Hall–Kier alpha value is -1.00. The van der Waals surface area contributed by atoms with Crippen molar-refractivity contribution >= 4 is 0 Å². The summed E-state index contributed by atoms with van der Waals surface area (Å²) in [7, 11) is 0. The van der Waals surface area contributed by atoms with Crippen molar-refractivity contribution in [2.45, 2.75) is 25.4 Å². The smallest absolute Gasteiger partial charge is 0.141 e. The third kappa shape index (κ3) is 2.52. The first-order valence-corrected chi connectivity index (χ1v) is 5.24. The van der Waals surface area contributed by atoms with Crippen LogP contribution in [0.1, 0.15) is 18.4 Å². The van der Waals surface area contributed by atoms with E-state index in [0.717, 1.165) is 24.9 Å². The highest BCUT2D eigenvalue weighted by Gasteiger charge is 2.23. The van der Waals surface area contributed by atoms with Gasteiger partial charge < -0.3 is 5.11 Å². The van der Waals surface area contributed by atoms with Gasteiger partial charge in [0.2, 0.25) is 0 Å². The van der Waals surface area contributed by atoms with Gasteiger partial charge in [0.1, 0.15) is 5.82 Å². The monoisotopic (exact) mass is 210 g/mol. The summed E-state index contributed by atoms with van der Waals surface area (Å²) in [5.41, 5.74) is 0.871. The number of likely N-dealkylation sites (tertiary alicyclic amines) is 1. The lowest BCUT2D eigenvalue weighted by Crippen LogP contribution is -2.31. The van der Waals surface area contributed by atoms with Crippen molar-refractivity contribution in [3.8, 4) is 0 Å². The lowest BCUT2D eigenvalue weighted by Gasteiger charge is -2.22. The Labute approximate surface area is 88.6 Å². The highest BCUT2D eigenvalue weighted by atomic mass is 19.1. The van der Waals surface area contributed by atoms with Gasteiger partial charge in [-0.15, -0.1) is 0 Å². The molecule has 2 rings (SSSR count). The zero-order valence-corrected chi connectivity index (χ0v) is 8.56. The molecule has 2 heterocycles. The maximum atomic E-state index is 12.9. The van der Waals surface area contributed by atoms with Gasteiger partial charge in [0, 0.05) is 18.8 Å². The molecule has 1 fully saturated rings. The quantitative estimate of drug-likeness (QED) is 0.813. The predicted octanol–water partition coefficient (Wildman–Crippen LogP) is 1.18. The van der Waals surface area contributed by atoms with Crippen LogP contribution in [0.2, 0.25) is 0 Å². The first-order valence-electron chi connectivity index (χ1n) is 5.24. The van der Waals surface area contributed by atoms with Gasteiger partial charge in [-0.2, -0.15) is 0 Å². The van der Waals surface area contributed by atoms with Gasteiger partial charge in [0.25, 0.3) is 0 Å². The van der Waals surface area contributed by atoms with Gasteiger partial charge in [-0.1, -0.05) is 0 Å². The Kier molecular flexibility index (Phi) is 3.28. The number of pyridine rings is 1. The van der Waals surface area contributed by atoms with Gasteiger partial charge in [-0.05, 0) is 31.0 Å². The molecule has 0 spiro atoms. The van der Waals surface area contributed by atoms with E-state index in [4.69, 9.17) is 5.11 Å². The molecule has 1 saturated heterocycles. The molecule has 15 heavy (non-hydrogen) atoms. The largest absolute Gasteiger partial charge is 0.395 e. The number of halogens is 1. The van der Waals surface area contributed by atoms with Crippen LogP contribution in [-0.2, 0) is 6.54 Å². The summed E-state index contributed by atoms with van der Waals surface area (Å²) in [6, 6.07) is 1.73. The number of aliphatic hydroxyl groups is 1. The van der Waals surface area contributed by atoms with E-state index in [1.54, 1.807) is 6.20 Å². The number of hydrogen-bond acceptors (Lipinski definition) is 3. The molecule has 1 aromatic rings. The number of aromatic nitrogens is 1. The van der Waals surface area contributed by atoms with Crippen LogP contribution >= 0.6 is 0 Å². The number of hydrogen-bond donors (Lipinski definition) is 1. The first kappa shape index (κ1) is 10.5. The van der Waals surface area contributed by atoms with Crippen LogP contribution in [-0.4, -0.2) is 34.2 Å². The fourth-order valence-electron chi connectivity index (χ4n) is 2.09. The average molecular weight is 210 g/mol. The molecule has 0 aliphatic carbocycles. The van der Waals surface area contributed by atoms with E-state index in [9.17, 15) is 4.39 Å². The van der Waals surface area contributed by atoms with Crippen molar-refractivity contribution in [3.63, 3.8) is 0 Å². The lowest BCUT2D eigenvalue weighted by molar-refractivity contribution is 0.153. The number of nitrogens with zero attached hydrogens (tertiary/aromatic N) is 2. The zero-order chi connectivity index (χ0) is 10.7. The molecule has 4 heteroatoms. The van der Waals surface area contributed by atoms with Gasteiger partial charge in [0.15, 0.2) is 0 Å². The van der Waals surface area contributed by atoms with Crippen molar-refractivity contribution < 1.29 is 9.50 Å². The summed E-state index contributed by atoms with van der Waals surface area (Å²) in [5.74, 6) is -0.299. The van der Waals surface area contributed by atoms with Crippen LogP contribution in [0.15, 0.2) is 18.5 Å². The molecule has 0 bridgehead atoms. The normalized spacial score (nSPS) is 22.1. The maximum Gasteiger partial charge on any atom is 0.141 e. The highest BCUT2D eigenvalue weighted by Crippen LogP contribution is 2.19. The Bertz CT molecular complexity index is 332. The Morgan fingerprint density at radius 1 is 1.53 bits per heavy atom. The van der Waals surface area contributed by atoms with Gasteiger partial charge in [0.05, 0.1) is 12.8 Å². The first-order chi connectivity index (χ1) is 7.29. The van der Waals surface area contributed by atoms with Crippen molar-refractivity contribution in [1.29, 1.82) is 0 Å². The average Bonchev–Trinajstić information content (AvgIpc) is 2.65. The summed E-state index contributed by atoms with van der Waals surface area (Å²) in [6.07, 6.45) is 5.01. The van der Waals surface area contributed by atoms with Crippen LogP contribution in [0.3, 0.4) is 0 Å². The molecule has 1 aromatic heterocycles. The maximum absolute atomic E-state index is 12.9. The Morgan fingerprint density at radius 2 is 2.40 bits per heavy atom. The molecule has 1 atom stereocenters. The minimum absolute atomic E-state index is 0.183. The fraction of sp³-hybridized carbons (Fsp3) is 0.545. The molecule has 3 nitrogen and oxygen atoms in total. The second-order valence-electron chi connectivity index (χ2n) is 3.96. The topological polar surface area (TPSA) is 36.4 Å². The highest BCUT2D eigenvalue weighted by molar-refractivity contribution is 5.10.